The Bertz CT molecular complexity index is 1050. The molecule has 0 bridgehead atoms. The zero-order chi connectivity index (χ0) is 21.6. The lowest BCUT2D eigenvalue weighted by molar-refractivity contribution is -0.125. The van der Waals surface area contributed by atoms with Gasteiger partial charge in [0.25, 0.3) is 11.8 Å². The Morgan fingerprint density at radius 2 is 1.74 bits per heavy atom. The van der Waals surface area contributed by atoms with Crippen LogP contribution in [-0.4, -0.2) is 31.1 Å². The minimum absolute atomic E-state index is 0.0979. The van der Waals surface area contributed by atoms with Crippen molar-refractivity contribution in [3.05, 3.63) is 84.4 Å². The lowest BCUT2D eigenvalue weighted by Gasteiger charge is -2.33. The number of benzene rings is 3. The quantitative estimate of drug-likeness (QED) is 0.631. The highest BCUT2D eigenvalue weighted by Gasteiger charge is 2.31. The van der Waals surface area contributed by atoms with Crippen LogP contribution in [0.3, 0.4) is 0 Å². The second-order valence-corrected chi connectivity index (χ2v) is 7.32. The molecule has 0 aromatic heterocycles. The van der Waals surface area contributed by atoms with E-state index in [-0.39, 0.29) is 18.4 Å². The lowest BCUT2D eigenvalue weighted by atomic mass is 10.1. The third-order valence-corrected chi connectivity index (χ3v) is 5.03. The molecule has 1 atom stereocenters. The summed E-state index contributed by atoms with van der Waals surface area (Å²) in [5.74, 6) is 0.872. The van der Waals surface area contributed by atoms with Gasteiger partial charge in [-0.15, -0.1) is 0 Å². The van der Waals surface area contributed by atoms with E-state index in [1.165, 1.54) is 0 Å². The van der Waals surface area contributed by atoms with Gasteiger partial charge in [-0.3, -0.25) is 9.59 Å². The first-order valence-corrected chi connectivity index (χ1v) is 10.2. The van der Waals surface area contributed by atoms with Crippen LogP contribution in [0.25, 0.3) is 0 Å². The average molecular weight is 416 g/mol. The molecular formula is C25H24N2O4. The Kier molecular flexibility index (Phi) is 6.17. The summed E-state index contributed by atoms with van der Waals surface area (Å²) >= 11 is 0. The Morgan fingerprint density at radius 3 is 2.48 bits per heavy atom. The number of nitrogens with one attached hydrogen (secondary N) is 1. The van der Waals surface area contributed by atoms with Crippen molar-refractivity contribution in [2.75, 3.05) is 23.4 Å². The minimum Gasteiger partial charge on any atom is -0.484 e. The molecule has 6 heteroatoms. The number of amides is 2. The van der Waals surface area contributed by atoms with Crippen LogP contribution in [-0.2, 0) is 16.0 Å². The molecule has 0 radical (unpaired) electrons. The molecular weight excluding hydrogens is 392 g/mol. The molecule has 1 aliphatic heterocycles. The zero-order valence-electron chi connectivity index (χ0n) is 17.3. The zero-order valence-corrected chi connectivity index (χ0v) is 17.3. The van der Waals surface area contributed by atoms with Crippen LogP contribution in [0, 0.1) is 0 Å². The standard InChI is InChI=1S/C25H24N2O4/c1-18-25(29)27(15-14-19-8-4-2-5-9-19)22-16-20(12-13-23(22)31-18)26-24(28)17-30-21-10-6-3-7-11-21/h2-13,16,18H,14-15,17H2,1H3,(H,26,28). The second kappa shape index (κ2) is 9.34. The predicted molar refractivity (Wildman–Crippen MR) is 120 cm³/mol. The molecule has 31 heavy (non-hydrogen) atoms. The SMILES string of the molecule is CC1Oc2ccc(NC(=O)COc3ccccc3)cc2N(CCc2ccccc2)C1=O. The van der Waals surface area contributed by atoms with Gasteiger partial charge in [-0.2, -0.15) is 0 Å². The van der Waals surface area contributed by atoms with Gasteiger partial charge in [0, 0.05) is 12.2 Å². The van der Waals surface area contributed by atoms with Crippen LogP contribution >= 0.6 is 0 Å². The molecule has 0 spiro atoms. The van der Waals surface area contributed by atoms with Crippen LogP contribution in [0.15, 0.2) is 78.9 Å². The second-order valence-electron chi connectivity index (χ2n) is 7.32. The number of hydrogen-bond donors (Lipinski definition) is 1. The van der Waals surface area contributed by atoms with Crippen molar-refractivity contribution in [2.24, 2.45) is 0 Å². The van der Waals surface area contributed by atoms with Crippen molar-refractivity contribution in [3.63, 3.8) is 0 Å². The fourth-order valence-electron chi connectivity index (χ4n) is 3.46. The number of fused-ring (bicyclic) bond motifs is 1. The maximum Gasteiger partial charge on any atom is 0.267 e. The van der Waals surface area contributed by atoms with E-state index in [4.69, 9.17) is 9.47 Å². The smallest absolute Gasteiger partial charge is 0.267 e. The highest BCUT2D eigenvalue weighted by molar-refractivity contribution is 6.01. The number of ether oxygens (including phenoxy) is 2. The Morgan fingerprint density at radius 1 is 1.03 bits per heavy atom. The predicted octanol–water partition coefficient (Wildman–Crippen LogP) is 4.06. The molecule has 1 unspecified atom stereocenters. The first kappa shape index (κ1) is 20.5. The molecule has 1 aliphatic rings. The fourth-order valence-corrected chi connectivity index (χ4v) is 3.46. The molecule has 2 amide bonds. The number of hydrogen-bond acceptors (Lipinski definition) is 4. The number of carbonyl (C=O) groups is 2. The van der Waals surface area contributed by atoms with Gasteiger partial charge >= 0.3 is 0 Å². The topological polar surface area (TPSA) is 67.9 Å². The lowest BCUT2D eigenvalue weighted by Crippen LogP contribution is -2.45. The van der Waals surface area contributed by atoms with E-state index in [1.807, 2.05) is 48.5 Å². The number of para-hydroxylation sites is 1. The summed E-state index contributed by atoms with van der Waals surface area (Å²) in [6.07, 6.45) is 0.170. The van der Waals surface area contributed by atoms with E-state index in [9.17, 15) is 9.59 Å². The van der Waals surface area contributed by atoms with Crippen LogP contribution < -0.4 is 19.7 Å². The van der Waals surface area contributed by atoms with Crippen molar-refractivity contribution < 1.29 is 19.1 Å². The van der Waals surface area contributed by atoms with Gasteiger partial charge in [0.05, 0.1) is 5.69 Å². The van der Waals surface area contributed by atoms with E-state index in [0.717, 1.165) is 12.0 Å². The Hall–Kier alpha value is -3.80. The van der Waals surface area contributed by atoms with Crippen LogP contribution in [0.2, 0.25) is 0 Å². The monoisotopic (exact) mass is 416 g/mol. The van der Waals surface area contributed by atoms with E-state index in [2.05, 4.69) is 5.32 Å². The van der Waals surface area contributed by atoms with Crippen molar-refractivity contribution in [3.8, 4) is 11.5 Å². The number of nitrogens with zero attached hydrogens (tertiary/aromatic N) is 1. The van der Waals surface area contributed by atoms with Gasteiger partial charge in [0.2, 0.25) is 0 Å². The number of anilines is 2. The summed E-state index contributed by atoms with van der Waals surface area (Å²) in [6.45, 7) is 2.17. The van der Waals surface area contributed by atoms with Crippen molar-refractivity contribution in [1.29, 1.82) is 0 Å². The fraction of sp³-hybridized carbons (Fsp3) is 0.200. The van der Waals surface area contributed by atoms with Crippen LogP contribution in [0.5, 0.6) is 11.5 Å². The van der Waals surface area contributed by atoms with Crippen molar-refractivity contribution >= 4 is 23.2 Å². The van der Waals surface area contributed by atoms with Gasteiger partial charge in [0.15, 0.2) is 12.7 Å². The normalized spacial score (nSPS) is 15.1. The molecule has 4 rings (SSSR count). The molecule has 1 heterocycles. The van der Waals surface area contributed by atoms with E-state index < -0.39 is 6.10 Å². The maximum absolute atomic E-state index is 12.8. The number of rotatable bonds is 7. The molecule has 0 saturated carbocycles. The Labute approximate surface area is 181 Å². The highest BCUT2D eigenvalue weighted by atomic mass is 16.5. The summed E-state index contributed by atoms with van der Waals surface area (Å²) in [6, 6.07) is 24.5. The molecule has 6 nitrogen and oxygen atoms in total. The molecule has 158 valence electrons. The van der Waals surface area contributed by atoms with Gasteiger partial charge < -0.3 is 19.7 Å². The van der Waals surface area contributed by atoms with Crippen LogP contribution in [0.1, 0.15) is 12.5 Å². The summed E-state index contributed by atoms with van der Waals surface area (Å²) in [5.41, 5.74) is 2.38. The average Bonchev–Trinajstić information content (AvgIpc) is 2.80. The molecule has 0 saturated heterocycles. The van der Waals surface area contributed by atoms with E-state index >= 15 is 0 Å². The molecule has 3 aromatic rings. The molecule has 0 fully saturated rings. The third kappa shape index (κ3) is 5.04. The summed E-state index contributed by atoms with van der Waals surface area (Å²) < 4.78 is 11.3. The van der Waals surface area contributed by atoms with Gasteiger partial charge in [-0.05, 0) is 49.2 Å². The molecule has 1 N–H and O–H groups in total. The third-order valence-electron chi connectivity index (χ3n) is 5.03. The Balaban J connectivity index is 1.46. The first-order chi connectivity index (χ1) is 15.1. The van der Waals surface area contributed by atoms with Crippen molar-refractivity contribution in [2.45, 2.75) is 19.4 Å². The largest absolute Gasteiger partial charge is 0.484 e. The maximum atomic E-state index is 12.8. The molecule has 3 aromatic carbocycles. The van der Waals surface area contributed by atoms with Gasteiger partial charge in [-0.25, -0.2) is 0 Å². The van der Waals surface area contributed by atoms with Crippen molar-refractivity contribution in [1.82, 2.24) is 0 Å². The van der Waals surface area contributed by atoms with E-state index in [0.29, 0.717) is 29.4 Å². The summed E-state index contributed by atoms with van der Waals surface area (Å²) in [4.78, 5) is 26.8. The van der Waals surface area contributed by atoms with E-state index in [1.54, 1.807) is 42.2 Å². The number of carbonyl (C=O) groups excluding carboxylic acids is 2. The van der Waals surface area contributed by atoms with Gasteiger partial charge in [-0.1, -0.05) is 48.5 Å². The summed E-state index contributed by atoms with van der Waals surface area (Å²) in [7, 11) is 0. The summed E-state index contributed by atoms with van der Waals surface area (Å²) in [5, 5.41) is 2.83. The minimum atomic E-state index is -0.553. The van der Waals surface area contributed by atoms with Gasteiger partial charge in [0.1, 0.15) is 11.5 Å². The van der Waals surface area contributed by atoms with Crippen LogP contribution in [0.4, 0.5) is 11.4 Å². The highest BCUT2D eigenvalue weighted by Crippen LogP contribution is 2.36. The first-order valence-electron chi connectivity index (χ1n) is 10.2. The molecule has 0 aliphatic carbocycles.